The van der Waals surface area contributed by atoms with Gasteiger partial charge in [0.1, 0.15) is 0 Å². The lowest BCUT2D eigenvalue weighted by Crippen LogP contribution is -2.31. The van der Waals surface area contributed by atoms with Crippen molar-refractivity contribution in [2.45, 2.75) is 5.16 Å². The van der Waals surface area contributed by atoms with Crippen LogP contribution in [-0.2, 0) is 4.79 Å². The summed E-state index contributed by atoms with van der Waals surface area (Å²) in [4.78, 5) is 28.1. The molecule has 7 heteroatoms. The number of carbonyl (C=O) groups excluding carboxylic acids is 2. The maximum absolute atomic E-state index is 11.9. The lowest BCUT2D eigenvalue weighted by molar-refractivity contribution is -0.117. The Hall–Kier alpha value is -2.93. The Balaban J connectivity index is 1.54. The lowest BCUT2D eigenvalue weighted by atomic mass is 10.2. The molecule has 0 saturated carbocycles. The summed E-state index contributed by atoms with van der Waals surface area (Å²) in [7, 11) is 0. The minimum atomic E-state index is -0.416. The standard InChI is InChI=1S/C17H14N4O2S/c22-14(18-16(23)13-9-5-2-6-10-13)11-24-17-19-15(20-21-17)12-7-3-1-4-8-12/h1-10H,11H2,(H,18,22,23)(H,19,20,21). The van der Waals surface area contributed by atoms with Crippen molar-refractivity contribution in [3.63, 3.8) is 0 Å². The number of amides is 2. The fourth-order valence-electron chi connectivity index (χ4n) is 1.99. The van der Waals surface area contributed by atoms with Gasteiger partial charge in [0.2, 0.25) is 11.1 Å². The number of nitrogens with zero attached hydrogens (tertiary/aromatic N) is 2. The molecule has 6 nitrogen and oxygen atoms in total. The summed E-state index contributed by atoms with van der Waals surface area (Å²) in [5, 5.41) is 9.69. The molecule has 120 valence electrons. The van der Waals surface area contributed by atoms with Crippen molar-refractivity contribution >= 4 is 23.6 Å². The molecular formula is C17H14N4O2S. The molecule has 3 aromatic rings. The number of rotatable bonds is 5. The monoisotopic (exact) mass is 338 g/mol. The number of carbonyl (C=O) groups is 2. The van der Waals surface area contributed by atoms with Crippen molar-refractivity contribution in [3.05, 3.63) is 66.2 Å². The van der Waals surface area contributed by atoms with Gasteiger partial charge in [-0.15, -0.1) is 5.10 Å². The molecule has 2 amide bonds. The van der Waals surface area contributed by atoms with Crippen molar-refractivity contribution < 1.29 is 9.59 Å². The van der Waals surface area contributed by atoms with E-state index in [1.165, 1.54) is 0 Å². The molecule has 1 aromatic heterocycles. The molecule has 2 aromatic carbocycles. The zero-order valence-electron chi connectivity index (χ0n) is 12.6. The third kappa shape index (κ3) is 4.08. The molecule has 0 radical (unpaired) electrons. The van der Waals surface area contributed by atoms with E-state index in [2.05, 4.69) is 20.5 Å². The summed E-state index contributed by atoms with van der Waals surface area (Å²) in [6.45, 7) is 0. The first-order chi connectivity index (χ1) is 11.7. The van der Waals surface area contributed by atoms with Crippen LogP contribution in [-0.4, -0.2) is 32.7 Å². The first-order valence-electron chi connectivity index (χ1n) is 7.22. The molecule has 0 spiro atoms. The topological polar surface area (TPSA) is 87.7 Å². The van der Waals surface area contributed by atoms with E-state index in [1.807, 2.05) is 36.4 Å². The van der Waals surface area contributed by atoms with Crippen molar-refractivity contribution in [3.8, 4) is 11.4 Å². The number of aromatic amines is 1. The van der Waals surface area contributed by atoms with Crippen molar-refractivity contribution in [1.82, 2.24) is 20.5 Å². The number of benzene rings is 2. The number of hydrogen-bond acceptors (Lipinski definition) is 5. The van der Waals surface area contributed by atoms with Crippen LogP contribution >= 0.6 is 11.8 Å². The van der Waals surface area contributed by atoms with E-state index in [9.17, 15) is 9.59 Å². The highest BCUT2D eigenvalue weighted by Gasteiger charge is 2.12. The number of H-pyrrole nitrogens is 1. The molecule has 0 bridgehead atoms. The number of thioether (sulfide) groups is 1. The minimum Gasteiger partial charge on any atom is -0.292 e. The van der Waals surface area contributed by atoms with Crippen LogP contribution in [0.4, 0.5) is 0 Å². The van der Waals surface area contributed by atoms with Gasteiger partial charge in [0.05, 0.1) is 5.75 Å². The predicted molar refractivity (Wildman–Crippen MR) is 91.5 cm³/mol. The van der Waals surface area contributed by atoms with Crippen molar-refractivity contribution in [1.29, 1.82) is 0 Å². The first-order valence-corrected chi connectivity index (χ1v) is 8.21. The highest BCUT2D eigenvalue weighted by atomic mass is 32.2. The Labute approximate surface area is 142 Å². The number of imide groups is 1. The molecule has 0 aliphatic heterocycles. The van der Waals surface area contributed by atoms with Gasteiger partial charge in [0, 0.05) is 11.1 Å². The molecule has 0 aliphatic carbocycles. The van der Waals surface area contributed by atoms with Crippen LogP contribution in [0.15, 0.2) is 65.8 Å². The zero-order valence-corrected chi connectivity index (χ0v) is 13.4. The van der Waals surface area contributed by atoms with Crippen molar-refractivity contribution in [2.75, 3.05) is 5.75 Å². The normalized spacial score (nSPS) is 10.3. The number of aromatic nitrogens is 3. The van der Waals surface area contributed by atoms with Gasteiger partial charge in [0.15, 0.2) is 5.82 Å². The predicted octanol–water partition coefficient (Wildman–Crippen LogP) is 2.52. The summed E-state index contributed by atoms with van der Waals surface area (Å²) in [6.07, 6.45) is 0. The Bertz CT molecular complexity index is 834. The highest BCUT2D eigenvalue weighted by molar-refractivity contribution is 7.99. The van der Waals surface area contributed by atoms with Crippen LogP contribution in [0.3, 0.4) is 0 Å². The second-order valence-electron chi connectivity index (χ2n) is 4.86. The Morgan fingerprint density at radius 1 is 1.00 bits per heavy atom. The largest absolute Gasteiger partial charge is 0.292 e. The van der Waals surface area contributed by atoms with E-state index in [4.69, 9.17) is 0 Å². The number of nitrogens with one attached hydrogen (secondary N) is 2. The number of hydrogen-bond donors (Lipinski definition) is 2. The summed E-state index contributed by atoms with van der Waals surface area (Å²) >= 11 is 1.16. The summed E-state index contributed by atoms with van der Waals surface area (Å²) in [5.41, 5.74) is 1.36. The molecule has 0 saturated heterocycles. The van der Waals surface area contributed by atoms with Crippen LogP contribution in [0.1, 0.15) is 10.4 Å². The van der Waals surface area contributed by atoms with Gasteiger partial charge in [-0.3, -0.25) is 20.0 Å². The maximum Gasteiger partial charge on any atom is 0.257 e. The van der Waals surface area contributed by atoms with E-state index in [0.717, 1.165) is 17.3 Å². The smallest absolute Gasteiger partial charge is 0.257 e. The van der Waals surface area contributed by atoms with Gasteiger partial charge in [-0.05, 0) is 12.1 Å². The van der Waals surface area contributed by atoms with Gasteiger partial charge in [0.25, 0.3) is 5.91 Å². The fourth-order valence-corrected chi connectivity index (χ4v) is 2.59. The molecule has 0 unspecified atom stereocenters. The van der Waals surface area contributed by atoms with Gasteiger partial charge < -0.3 is 0 Å². The van der Waals surface area contributed by atoms with E-state index in [-0.39, 0.29) is 11.7 Å². The average molecular weight is 338 g/mol. The SMILES string of the molecule is O=C(CSc1n[nH]c(-c2ccccc2)n1)NC(=O)c1ccccc1. The summed E-state index contributed by atoms with van der Waals surface area (Å²) in [5.74, 6) is -0.107. The van der Waals surface area contributed by atoms with Crippen LogP contribution in [0, 0.1) is 0 Å². The van der Waals surface area contributed by atoms with E-state index in [1.54, 1.807) is 24.3 Å². The molecule has 24 heavy (non-hydrogen) atoms. The Morgan fingerprint density at radius 2 is 1.67 bits per heavy atom. The minimum absolute atomic E-state index is 0.0602. The summed E-state index contributed by atoms with van der Waals surface area (Å²) in [6, 6.07) is 18.2. The second-order valence-corrected chi connectivity index (χ2v) is 5.81. The van der Waals surface area contributed by atoms with Crippen LogP contribution in [0.5, 0.6) is 0 Å². The average Bonchev–Trinajstić information content (AvgIpc) is 3.10. The van der Waals surface area contributed by atoms with Crippen LogP contribution < -0.4 is 5.32 Å². The lowest BCUT2D eigenvalue weighted by Gasteiger charge is -2.02. The molecule has 3 rings (SSSR count). The third-order valence-corrected chi connectivity index (χ3v) is 3.98. The zero-order chi connectivity index (χ0) is 16.8. The molecule has 0 fully saturated rings. The van der Waals surface area contributed by atoms with Crippen LogP contribution in [0.2, 0.25) is 0 Å². The molecule has 1 heterocycles. The second kappa shape index (κ2) is 7.56. The molecule has 0 aliphatic rings. The van der Waals surface area contributed by atoms with Gasteiger partial charge in [-0.1, -0.05) is 60.3 Å². The Morgan fingerprint density at radius 3 is 2.38 bits per heavy atom. The molecule has 0 atom stereocenters. The maximum atomic E-state index is 11.9. The van der Waals surface area contributed by atoms with Gasteiger partial charge in [-0.2, -0.15) is 0 Å². The van der Waals surface area contributed by atoms with Gasteiger partial charge >= 0.3 is 0 Å². The summed E-state index contributed by atoms with van der Waals surface area (Å²) < 4.78 is 0. The molecular weight excluding hydrogens is 324 g/mol. The van der Waals surface area contributed by atoms with E-state index in [0.29, 0.717) is 16.5 Å². The first kappa shape index (κ1) is 15.9. The van der Waals surface area contributed by atoms with Crippen molar-refractivity contribution in [2.24, 2.45) is 0 Å². The fraction of sp³-hybridized carbons (Fsp3) is 0.0588. The Kier molecular flexibility index (Phi) is 5.02. The van der Waals surface area contributed by atoms with Gasteiger partial charge in [-0.25, -0.2) is 4.98 Å². The third-order valence-electron chi connectivity index (χ3n) is 3.13. The van der Waals surface area contributed by atoms with E-state index >= 15 is 0 Å². The quantitative estimate of drug-likeness (QED) is 0.698. The van der Waals surface area contributed by atoms with Crippen LogP contribution in [0.25, 0.3) is 11.4 Å². The van der Waals surface area contributed by atoms with E-state index < -0.39 is 5.91 Å². The molecule has 2 N–H and O–H groups in total. The highest BCUT2D eigenvalue weighted by Crippen LogP contribution is 2.18.